The number of ether oxygens (including phenoxy) is 4. The number of carbonyl (C=O) groups excluding carboxylic acids is 4. The van der Waals surface area contributed by atoms with E-state index in [0.717, 1.165) is 173 Å². The van der Waals surface area contributed by atoms with Crippen LogP contribution in [0, 0.1) is 0 Å². The van der Waals surface area contributed by atoms with Crippen molar-refractivity contribution in [2.45, 2.75) is 329 Å². The highest BCUT2D eigenvalue weighted by atomic mass is 31.2. The molecular formula is C85H142O17P2. The molecule has 0 radical (unpaired) electrons. The predicted octanol–water partition coefficient (Wildman–Crippen LogP) is 23.4. The molecule has 0 fully saturated rings. The molecule has 0 aromatic rings. The maximum absolute atomic E-state index is 13.1. The first-order valence-corrected chi connectivity index (χ1v) is 43.1. The van der Waals surface area contributed by atoms with Crippen LogP contribution in [0.15, 0.2) is 146 Å². The number of unbranched alkanes of at least 4 members (excludes halogenated alkanes) is 24. The highest BCUT2D eigenvalue weighted by Gasteiger charge is 2.30. The van der Waals surface area contributed by atoms with E-state index in [1.807, 2.05) is 0 Å². The molecule has 0 saturated carbocycles. The van der Waals surface area contributed by atoms with E-state index in [0.29, 0.717) is 25.7 Å². The van der Waals surface area contributed by atoms with Crippen molar-refractivity contribution in [2.75, 3.05) is 39.6 Å². The molecule has 0 aliphatic heterocycles. The van der Waals surface area contributed by atoms with Crippen molar-refractivity contribution in [3.8, 4) is 0 Å². The molecule has 17 nitrogen and oxygen atoms in total. The van der Waals surface area contributed by atoms with Gasteiger partial charge in [0.2, 0.25) is 0 Å². The maximum atomic E-state index is 13.1. The first-order valence-electron chi connectivity index (χ1n) is 40.1. The van der Waals surface area contributed by atoms with Crippen LogP contribution in [0.2, 0.25) is 0 Å². The van der Waals surface area contributed by atoms with E-state index >= 15 is 0 Å². The number of rotatable bonds is 74. The minimum Gasteiger partial charge on any atom is -0.462 e. The summed E-state index contributed by atoms with van der Waals surface area (Å²) in [5.41, 5.74) is 0. The molecule has 5 unspecified atom stereocenters. The van der Waals surface area contributed by atoms with Crippen LogP contribution < -0.4 is 0 Å². The van der Waals surface area contributed by atoms with Crippen LogP contribution in [0.1, 0.15) is 310 Å². The minimum absolute atomic E-state index is 0.0672. The van der Waals surface area contributed by atoms with Gasteiger partial charge in [-0.3, -0.25) is 37.3 Å². The van der Waals surface area contributed by atoms with Crippen LogP contribution in [0.3, 0.4) is 0 Å². The number of phosphoric ester groups is 2. The lowest BCUT2D eigenvalue weighted by atomic mass is 10.1. The first kappa shape index (κ1) is 98.9. The minimum atomic E-state index is -4.99. The van der Waals surface area contributed by atoms with Gasteiger partial charge in [0, 0.05) is 25.7 Å². The second-order valence-corrected chi connectivity index (χ2v) is 29.2. The lowest BCUT2D eigenvalue weighted by Gasteiger charge is -2.21. The van der Waals surface area contributed by atoms with Crippen LogP contribution in [-0.2, 0) is 65.4 Å². The average Bonchev–Trinajstić information content (AvgIpc) is 0.929. The Morgan fingerprint density at radius 3 is 0.798 bits per heavy atom. The zero-order valence-corrected chi connectivity index (χ0v) is 66.7. The van der Waals surface area contributed by atoms with Gasteiger partial charge in [0.25, 0.3) is 0 Å². The van der Waals surface area contributed by atoms with Crippen molar-refractivity contribution in [3.63, 3.8) is 0 Å². The van der Waals surface area contributed by atoms with Gasteiger partial charge in [-0.05, 0) is 148 Å². The number of hydrogen-bond acceptors (Lipinski definition) is 15. The van der Waals surface area contributed by atoms with E-state index in [2.05, 4.69) is 174 Å². The monoisotopic (exact) mass is 1500 g/mol. The van der Waals surface area contributed by atoms with E-state index in [1.54, 1.807) is 0 Å². The molecule has 0 aromatic carbocycles. The Bertz CT molecular complexity index is 2540. The van der Waals surface area contributed by atoms with Gasteiger partial charge in [-0.2, -0.15) is 0 Å². The molecule has 0 aliphatic carbocycles. The fourth-order valence-corrected chi connectivity index (χ4v) is 11.8. The van der Waals surface area contributed by atoms with E-state index in [9.17, 15) is 43.2 Å². The largest absolute Gasteiger partial charge is 0.472 e. The van der Waals surface area contributed by atoms with Crippen LogP contribution in [-0.4, -0.2) is 96.7 Å². The summed E-state index contributed by atoms with van der Waals surface area (Å²) in [6.45, 7) is 4.53. The summed E-state index contributed by atoms with van der Waals surface area (Å²) in [5, 5.41) is 10.6. The molecule has 0 bridgehead atoms. The number of aliphatic hydroxyl groups excluding tert-OH is 1. The second kappa shape index (κ2) is 76.1. The molecular weight excluding hydrogens is 1350 g/mol. The van der Waals surface area contributed by atoms with Gasteiger partial charge >= 0.3 is 39.5 Å². The number of phosphoric acid groups is 2. The standard InChI is InChI=1S/C85H142O17P2/c1-5-9-13-17-21-25-29-32-35-37-39-41-44-46-50-53-57-61-65-69-82(87)95-75-80(101-84(89)71-67-63-59-55-49-28-24-20-16-12-8-4)77-99-103(91,92)97-73-79(86)74-98-104(93,94)100-78-81(102-85(90)72-68-64-60-56-52-48-43-34-31-27-23-19-15-11-7-3)76-96-83(88)70-66-62-58-54-51-47-45-42-40-38-36-33-30-26-22-18-14-10-6-2/h9-10,13-14,21-23,25-27,32-36,39-43,46-47,50-51,79-81,86H,5-8,11-12,15-20,24,28-31,37-38,44-45,48-49,52-78H2,1-4H3,(H,91,92)(H,93,94)/b13-9-,14-10-,25-21-,26-22-,27-23-,35-32-,36-33-,41-39-,42-40-,43-34-,50-46-,51-47-. The number of allylic oxidation sites excluding steroid dienone is 24. The van der Waals surface area contributed by atoms with Crippen molar-refractivity contribution in [1.82, 2.24) is 0 Å². The van der Waals surface area contributed by atoms with Gasteiger partial charge < -0.3 is 33.8 Å². The van der Waals surface area contributed by atoms with Crippen molar-refractivity contribution in [1.29, 1.82) is 0 Å². The maximum Gasteiger partial charge on any atom is 0.472 e. The number of aliphatic hydroxyl groups is 1. The van der Waals surface area contributed by atoms with Crippen molar-refractivity contribution >= 4 is 39.5 Å². The summed E-state index contributed by atoms with van der Waals surface area (Å²) in [6.07, 6.45) is 86.8. The van der Waals surface area contributed by atoms with Crippen LogP contribution in [0.5, 0.6) is 0 Å². The molecule has 0 rings (SSSR count). The third-order valence-electron chi connectivity index (χ3n) is 16.3. The molecule has 5 atom stereocenters. The van der Waals surface area contributed by atoms with Crippen molar-refractivity contribution in [2.24, 2.45) is 0 Å². The molecule has 0 saturated heterocycles. The number of hydrogen-bond donors (Lipinski definition) is 3. The van der Waals surface area contributed by atoms with Gasteiger partial charge in [-0.1, -0.05) is 283 Å². The zero-order chi connectivity index (χ0) is 76.0. The van der Waals surface area contributed by atoms with Crippen molar-refractivity contribution in [3.05, 3.63) is 146 Å². The van der Waals surface area contributed by atoms with Gasteiger partial charge in [-0.15, -0.1) is 0 Å². The fraction of sp³-hybridized carbons (Fsp3) is 0.671. The number of esters is 4. The molecule has 0 aliphatic rings. The van der Waals surface area contributed by atoms with Gasteiger partial charge in [0.1, 0.15) is 19.3 Å². The Hall–Kier alpha value is -5.06. The second-order valence-electron chi connectivity index (χ2n) is 26.2. The summed E-state index contributed by atoms with van der Waals surface area (Å²) in [4.78, 5) is 73.0. The smallest absolute Gasteiger partial charge is 0.462 e. The number of carbonyl (C=O) groups is 4. The lowest BCUT2D eigenvalue weighted by Crippen LogP contribution is -2.30. The molecule has 19 heteroatoms. The SMILES string of the molecule is CC/C=C\C/C=C\C/C=C\C/C=C\C/C=C\CCCCCC(=O)OCC(COP(=O)(O)OCC(O)COP(=O)(O)OCC(COC(=O)CCCCC/C=C\C/C=C\C/C=C\C/C=C\C/C=C\CC)OC(=O)CCCCCCCCCCCCC)OC(=O)CCCCCCC/C=C\C/C=C\CCCCC. The quantitative estimate of drug-likeness (QED) is 0.0169. The van der Waals surface area contributed by atoms with Crippen LogP contribution in [0.4, 0.5) is 0 Å². The molecule has 104 heavy (non-hydrogen) atoms. The Labute approximate surface area is 630 Å². The summed E-state index contributed by atoms with van der Waals surface area (Å²) < 4.78 is 68.5. The van der Waals surface area contributed by atoms with Crippen molar-refractivity contribution < 1.29 is 80.2 Å². The van der Waals surface area contributed by atoms with Crippen LogP contribution in [0.25, 0.3) is 0 Å². The summed E-state index contributed by atoms with van der Waals surface area (Å²) >= 11 is 0. The Kier molecular flexibility index (Phi) is 72.4. The molecule has 3 N–H and O–H groups in total. The predicted molar refractivity (Wildman–Crippen MR) is 427 cm³/mol. The molecule has 0 spiro atoms. The van der Waals surface area contributed by atoms with E-state index < -0.39 is 97.5 Å². The molecule has 0 amide bonds. The summed E-state index contributed by atoms with van der Waals surface area (Å²) in [5.74, 6) is -2.26. The highest BCUT2D eigenvalue weighted by molar-refractivity contribution is 7.47. The fourth-order valence-electron chi connectivity index (χ4n) is 10.2. The Morgan fingerprint density at radius 2 is 0.500 bits per heavy atom. The summed E-state index contributed by atoms with van der Waals surface area (Å²) in [6, 6.07) is 0. The summed E-state index contributed by atoms with van der Waals surface area (Å²) in [7, 11) is -9.98. The van der Waals surface area contributed by atoms with E-state index in [4.69, 9.17) is 37.0 Å². The highest BCUT2D eigenvalue weighted by Crippen LogP contribution is 2.45. The lowest BCUT2D eigenvalue weighted by molar-refractivity contribution is -0.161. The zero-order valence-electron chi connectivity index (χ0n) is 64.9. The van der Waals surface area contributed by atoms with Gasteiger partial charge in [0.05, 0.1) is 26.4 Å². The van der Waals surface area contributed by atoms with Gasteiger partial charge in [0.15, 0.2) is 12.2 Å². The molecule has 594 valence electrons. The Balaban J connectivity index is 5.40. The molecule has 0 aromatic heterocycles. The normalized spacial score (nSPS) is 14.6. The first-order chi connectivity index (χ1) is 50.7. The van der Waals surface area contributed by atoms with Gasteiger partial charge in [-0.25, -0.2) is 9.13 Å². The average molecular weight is 1500 g/mol. The van der Waals surface area contributed by atoms with E-state index in [-0.39, 0.29) is 25.7 Å². The van der Waals surface area contributed by atoms with E-state index in [1.165, 1.54) is 57.8 Å². The van der Waals surface area contributed by atoms with Crippen LogP contribution >= 0.6 is 15.6 Å². The third kappa shape index (κ3) is 75.2. The Morgan fingerprint density at radius 1 is 0.279 bits per heavy atom. The molecule has 0 heterocycles. The third-order valence-corrected chi connectivity index (χ3v) is 18.2. The topological polar surface area (TPSA) is 237 Å².